The van der Waals surface area contributed by atoms with E-state index in [-0.39, 0.29) is 0 Å². The molecule has 1 aliphatic carbocycles. The molecule has 3 rings (SSSR count). The number of morpholine rings is 1. The Labute approximate surface area is 120 Å². The Hall–Kier alpha value is -1.36. The van der Waals surface area contributed by atoms with Gasteiger partial charge in [-0.25, -0.2) is 9.97 Å². The number of anilines is 2. The number of nitrogens with one attached hydrogen (secondary N) is 1. The molecule has 1 aromatic heterocycles. The van der Waals surface area contributed by atoms with Crippen LogP contribution >= 0.6 is 0 Å². The minimum absolute atomic E-state index is 0.574. The van der Waals surface area contributed by atoms with Gasteiger partial charge in [-0.05, 0) is 12.8 Å². The molecule has 110 valence electrons. The van der Waals surface area contributed by atoms with Gasteiger partial charge in [0, 0.05) is 25.2 Å². The first kappa shape index (κ1) is 13.6. The van der Waals surface area contributed by atoms with Gasteiger partial charge in [0.25, 0.3) is 0 Å². The van der Waals surface area contributed by atoms with Gasteiger partial charge in [-0.2, -0.15) is 0 Å². The highest BCUT2D eigenvalue weighted by atomic mass is 16.5. The van der Waals surface area contributed by atoms with Crippen LogP contribution in [-0.4, -0.2) is 42.3 Å². The Morgan fingerprint density at radius 1 is 1.05 bits per heavy atom. The summed E-state index contributed by atoms with van der Waals surface area (Å²) in [4.78, 5) is 11.0. The van der Waals surface area contributed by atoms with E-state index in [1.54, 1.807) is 6.33 Å². The summed E-state index contributed by atoms with van der Waals surface area (Å²) in [5.74, 6) is 1.98. The lowest BCUT2D eigenvalue weighted by atomic mass is 10.1. The van der Waals surface area contributed by atoms with Gasteiger partial charge >= 0.3 is 0 Å². The van der Waals surface area contributed by atoms with Crippen LogP contribution in [0.15, 0.2) is 12.4 Å². The highest BCUT2D eigenvalue weighted by molar-refractivity contribution is 5.49. The van der Waals surface area contributed by atoms with E-state index in [0.29, 0.717) is 6.04 Å². The Balaban J connectivity index is 1.64. The maximum absolute atomic E-state index is 5.39. The summed E-state index contributed by atoms with van der Waals surface area (Å²) < 4.78 is 5.39. The largest absolute Gasteiger partial charge is 0.378 e. The number of nitrogens with zero attached hydrogens (tertiary/aromatic N) is 3. The summed E-state index contributed by atoms with van der Waals surface area (Å²) in [5.41, 5.74) is 0. The van der Waals surface area contributed by atoms with Crippen molar-refractivity contribution in [1.82, 2.24) is 9.97 Å². The van der Waals surface area contributed by atoms with Crippen LogP contribution in [0.25, 0.3) is 0 Å². The van der Waals surface area contributed by atoms with Gasteiger partial charge < -0.3 is 15.0 Å². The molecule has 0 aromatic carbocycles. The van der Waals surface area contributed by atoms with Gasteiger partial charge in [0.15, 0.2) is 0 Å². The molecule has 20 heavy (non-hydrogen) atoms. The van der Waals surface area contributed by atoms with Gasteiger partial charge in [-0.3, -0.25) is 0 Å². The summed E-state index contributed by atoms with van der Waals surface area (Å²) in [5, 5.41) is 3.59. The number of rotatable bonds is 3. The first-order valence-corrected chi connectivity index (χ1v) is 7.83. The summed E-state index contributed by atoms with van der Waals surface area (Å²) >= 11 is 0. The van der Waals surface area contributed by atoms with E-state index >= 15 is 0 Å². The smallest absolute Gasteiger partial charge is 0.134 e. The second-order valence-electron chi connectivity index (χ2n) is 5.69. The maximum Gasteiger partial charge on any atom is 0.134 e. The molecule has 1 aliphatic heterocycles. The van der Waals surface area contributed by atoms with Gasteiger partial charge in [0.1, 0.15) is 18.0 Å². The van der Waals surface area contributed by atoms with Crippen LogP contribution in [0.2, 0.25) is 0 Å². The van der Waals surface area contributed by atoms with E-state index in [0.717, 1.165) is 37.9 Å². The number of ether oxygens (including phenoxy) is 1. The maximum atomic E-state index is 5.39. The monoisotopic (exact) mass is 276 g/mol. The highest BCUT2D eigenvalue weighted by Crippen LogP contribution is 2.22. The lowest BCUT2D eigenvalue weighted by molar-refractivity contribution is 0.122. The first-order valence-electron chi connectivity index (χ1n) is 7.83. The minimum atomic E-state index is 0.574. The molecule has 0 bridgehead atoms. The van der Waals surface area contributed by atoms with E-state index in [1.807, 2.05) is 0 Å². The van der Waals surface area contributed by atoms with Crippen molar-refractivity contribution >= 4 is 11.6 Å². The van der Waals surface area contributed by atoms with Crippen molar-refractivity contribution in [2.45, 2.75) is 44.6 Å². The van der Waals surface area contributed by atoms with Gasteiger partial charge in [0.05, 0.1) is 13.2 Å². The molecule has 5 nitrogen and oxygen atoms in total. The molecular formula is C15H24N4O. The summed E-state index contributed by atoms with van der Waals surface area (Å²) in [6.07, 6.45) is 9.61. The van der Waals surface area contributed by atoms with Gasteiger partial charge in [-0.15, -0.1) is 0 Å². The molecule has 2 fully saturated rings. The molecule has 1 saturated carbocycles. The van der Waals surface area contributed by atoms with Gasteiger partial charge in [-0.1, -0.05) is 25.7 Å². The summed E-state index contributed by atoms with van der Waals surface area (Å²) in [6.45, 7) is 3.41. The molecule has 0 spiro atoms. The minimum Gasteiger partial charge on any atom is -0.378 e. The van der Waals surface area contributed by atoms with E-state index in [1.165, 1.54) is 38.5 Å². The average Bonchev–Trinajstić information content (AvgIpc) is 2.77. The van der Waals surface area contributed by atoms with Crippen LogP contribution in [0.4, 0.5) is 11.6 Å². The van der Waals surface area contributed by atoms with Crippen molar-refractivity contribution in [3.8, 4) is 0 Å². The molecule has 0 amide bonds. The molecule has 1 saturated heterocycles. The molecule has 0 atom stereocenters. The van der Waals surface area contributed by atoms with Crippen molar-refractivity contribution < 1.29 is 4.74 Å². The summed E-state index contributed by atoms with van der Waals surface area (Å²) in [7, 11) is 0. The van der Waals surface area contributed by atoms with E-state index in [9.17, 15) is 0 Å². The lowest BCUT2D eigenvalue weighted by Crippen LogP contribution is -2.36. The molecule has 1 aromatic rings. The number of hydrogen-bond donors (Lipinski definition) is 1. The Kier molecular flexibility index (Phi) is 4.69. The predicted molar refractivity (Wildman–Crippen MR) is 80.2 cm³/mol. The predicted octanol–water partition coefficient (Wildman–Crippen LogP) is 2.45. The first-order chi connectivity index (χ1) is 9.92. The molecular weight excluding hydrogens is 252 g/mol. The molecule has 5 heteroatoms. The molecule has 1 N–H and O–H groups in total. The van der Waals surface area contributed by atoms with Crippen LogP contribution < -0.4 is 10.2 Å². The normalized spacial score (nSPS) is 21.5. The van der Waals surface area contributed by atoms with Crippen molar-refractivity contribution in [2.24, 2.45) is 0 Å². The number of aromatic nitrogens is 2. The van der Waals surface area contributed by atoms with Crippen LogP contribution in [0, 0.1) is 0 Å². The van der Waals surface area contributed by atoms with Crippen LogP contribution in [-0.2, 0) is 4.74 Å². The zero-order chi connectivity index (χ0) is 13.6. The summed E-state index contributed by atoms with van der Waals surface area (Å²) in [6, 6.07) is 2.65. The Morgan fingerprint density at radius 3 is 2.55 bits per heavy atom. The van der Waals surface area contributed by atoms with Crippen LogP contribution in [0.3, 0.4) is 0 Å². The number of hydrogen-bond acceptors (Lipinski definition) is 5. The van der Waals surface area contributed by atoms with E-state index in [4.69, 9.17) is 4.74 Å². The van der Waals surface area contributed by atoms with Crippen LogP contribution in [0.1, 0.15) is 38.5 Å². The van der Waals surface area contributed by atoms with E-state index in [2.05, 4.69) is 26.3 Å². The zero-order valence-corrected chi connectivity index (χ0v) is 12.1. The fourth-order valence-corrected chi connectivity index (χ4v) is 3.02. The van der Waals surface area contributed by atoms with Crippen LogP contribution in [0.5, 0.6) is 0 Å². The SMILES string of the molecule is c1nc(NC2CCCCCC2)cc(N2CCOCC2)n1. The highest BCUT2D eigenvalue weighted by Gasteiger charge is 2.15. The fraction of sp³-hybridized carbons (Fsp3) is 0.733. The van der Waals surface area contributed by atoms with Crippen molar-refractivity contribution in [2.75, 3.05) is 36.5 Å². The molecule has 2 heterocycles. The Morgan fingerprint density at radius 2 is 1.80 bits per heavy atom. The van der Waals surface area contributed by atoms with Crippen molar-refractivity contribution in [1.29, 1.82) is 0 Å². The third kappa shape index (κ3) is 3.60. The lowest BCUT2D eigenvalue weighted by Gasteiger charge is -2.28. The molecule has 0 unspecified atom stereocenters. The quantitative estimate of drug-likeness (QED) is 0.859. The standard InChI is InChI=1S/C15H24N4O/c1-2-4-6-13(5-3-1)18-14-11-15(17-12-16-14)19-7-9-20-10-8-19/h11-13H,1-10H2,(H,16,17,18). The second kappa shape index (κ2) is 6.88. The van der Waals surface area contributed by atoms with Gasteiger partial charge in [0.2, 0.25) is 0 Å². The van der Waals surface area contributed by atoms with Crippen molar-refractivity contribution in [3.63, 3.8) is 0 Å². The topological polar surface area (TPSA) is 50.3 Å². The zero-order valence-electron chi connectivity index (χ0n) is 12.1. The third-order valence-corrected chi connectivity index (χ3v) is 4.19. The van der Waals surface area contributed by atoms with Crippen molar-refractivity contribution in [3.05, 3.63) is 12.4 Å². The average molecular weight is 276 g/mol. The fourth-order valence-electron chi connectivity index (χ4n) is 3.02. The molecule has 0 radical (unpaired) electrons. The Bertz CT molecular complexity index is 412. The third-order valence-electron chi connectivity index (χ3n) is 4.19. The van der Waals surface area contributed by atoms with E-state index < -0.39 is 0 Å². The molecule has 2 aliphatic rings. The second-order valence-corrected chi connectivity index (χ2v) is 5.69.